The van der Waals surface area contributed by atoms with Crippen LogP contribution in [0.4, 0.5) is 11.4 Å². The number of benzene rings is 2. The molecule has 0 bridgehead atoms. The predicted molar refractivity (Wildman–Crippen MR) is 116 cm³/mol. The summed E-state index contributed by atoms with van der Waals surface area (Å²) in [5.41, 5.74) is 2.09. The van der Waals surface area contributed by atoms with E-state index in [9.17, 15) is 9.59 Å². The first-order valence-electron chi connectivity index (χ1n) is 9.82. The van der Waals surface area contributed by atoms with Crippen LogP contribution in [-0.2, 0) is 4.79 Å². The van der Waals surface area contributed by atoms with Crippen molar-refractivity contribution in [1.82, 2.24) is 4.90 Å². The first-order valence-corrected chi connectivity index (χ1v) is 10.2. The molecule has 29 heavy (non-hydrogen) atoms. The van der Waals surface area contributed by atoms with E-state index < -0.39 is 0 Å². The molecule has 1 N–H and O–H groups in total. The summed E-state index contributed by atoms with van der Waals surface area (Å²) in [5, 5.41) is 3.45. The summed E-state index contributed by atoms with van der Waals surface area (Å²) in [6.07, 6.45) is 0.936. The highest BCUT2D eigenvalue weighted by Gasteiger charge is 2.20. The van der Waals surface area contributed by atoms with E-state index in [1.807, 2.05) is 24.0 Å². The highest BCUT2D eigenvalue weighted by atomic mass is 35.5. The number of carbonyl (C=O) groups is 2. The van der Waals surface area contributed by atoms with Crippen LogP contribution in [0.15, 0.2) is 42.5 Å². The zero-order chi connectivity index (χ0) is 20.8. The molecule has 0 radical (unpaired) electrons. The van der Waals surface area contributed by atoms with Gasteiger partial charge in [-0.05, 0) is 48.9 Å². The molecular formula is C22H26ClN3O3. The molecule has 0 unspecified atom stereocenters. The highest BCUT2D eigenvalue weighted by Crippen LogP contribution is 2.30. The van der Waals surface area contributed by atoms with E-state index in [1.54, 1.807) is 37.3 Å². The predicted octanol–water partition coefficient (Wildman–Crippen LogP) is 4.05. The van der Waals surface area contributed by atoms with Crippen molar-refractivity contribution >= 4 is 34.8 Å². The van der Waals surface area contributed by atoms with Crippen molar-refractivity contribution in [2.24, 2.45) is 0 Å². The molecule has 1 heterocycles. The zero-order valence-electron chi connectivity index (χ0n) is 16.8. The van der Waals surface area contributed by atoms with Crippen molar-refractivity contribution in [2.45, 2.75) is 20.3 Å². The zero-order valence-corrected chi connectivity index (χ0v) is 17.5. The van der Waals surface area contributed by atoms with E-state index in [2.05, 4.69) is 10.2 Å². The van der Waals surface area contributed by atoms with E-state index >= 15 is 0 Å². The van der Waals surface area contributed by atoms with Gasteiger partial charge in [0.1, 0.15) is 5.75 Å². The Morgan fingerprint density at radius 1 is 1.07 bits per heavy atom. The van der Waals surface area contributed by atoms with Crippen molar-refractivity contribution < 1.29 is 14.3 Å². The number of carbonyl (C=O) groups excluding carboxylic acids is 2. The molecule has 1 fully saturated rings. The van der Waals surface area contributed by atoms with Crippen molar-refractivity contribution in [2.75, 3.05) is 43.0 Å². The fraction of sp³-hybridized carbons (Fsp3) is 0.364. The molecule has 7 heteroatoms. The Bertz CT molecular complexity index is 862. The Kier molecular flexibility index (Phi) is 6.99. The maximum atomic E-state index is 12.5. The van der Waals surface area contributed by atoms with Crippen LogP contribution in [0.5, 0.6) is 5.75 Å². The Morgan fingerprint density at radius 2 is 1.76 bits per heavy atom. The smallest absolute Gasteiger partial charge is 0.255 e. The van der Waals surface area contributed by atoms with Gasteiger partial charge in [0.05, 0.1) is 17.3 Å². The number of halogens is 1. The number of rotatable bonds is 6. The van der Waals surface area contributed by atoms with E-state index in [0.717, 1.165) is 30.9 Å². The van der Waals surface area contributed by atoms with E-state index in [0.29, 0.717) is 36.0 Å². The van der Waals surface area contributed by atoms with Crippen LogP contribution in [0.1, 0.15) is 30.6 Å². The second-order valence-electron chi connectivity index (χ2n) is 6.99. The van der Waals surface area contributed by atoms with Crippen molar-refractivity contribution in [3.05, 3.63) is 53.1 Å². The molecule has 2 aromatic rings. The molecule has 2 aromatic carbocycles. The minimum absolute atomic E-state index is 0.0961. The van der Waals surface area contributed by atoms with Gasteiger partial charge in [-0.3, -0.25) is 9.59 Å². The second-order valence-corrected chi connectivity index (χ2v) is 7.39. The maximum absolute atomic E-state index is 12.5. The summed E-state index contributed by atoms with van der Waals surface area (Å²) >= 11 is 6.47. The van der Waals surface area contributed by atoms with Gasteiger partial charge in [-0.15, -0.1) is 0 Å². The molecule has 0 atom stereocenters. The summed E-state index contributed by atoms with van der Waals surface area (Å²) in [7, 11) is 0. The van der Waals surface area contributed by atoms with Crippen LogP contribution in [0.25, 0.3) is 0 Å². The molecule has 2 amide bonds. The van der Waals surface area contributed by atoms with Gasteiger partial charge < -0.3 is 19.9 Å². The highest BCUT2D eigenvalue weighted by molar-refractivity contribution is 6.33. The van der Waals surface area contributed by atoms with Gasteiger partial charge in [-0.25, -0.2) is 0 Å². The van der Waals surface area contributed by atoms with Crippen LogP contribution in [0.3, 0.4) is 0 Å². The number of anilines is 2. The number of nitrogens with zero attached hydrogens (tertiary/aromatic N) is 2. The lowest BCUT2D eigenvalue weighted by atomic mass is 10.2. The third kappa shape index (κ3) is 5.41. The molecule has 3 rings (SSSR count). The van der Waals surface area contributed by atoms with Gasteiger partial charge in [0.25, 0.3) is 5.91 Å². The molecular weight excluding hydrogens is 390 g/mol. The second kappa shape index (κ2) is 9.65. The van der Waals surface area contributed by atoms with Gasteiger partial charge in [0.2, 0.25) is 5.91 Å². The number of hydrogen-bond acceptors (Lipinski definition) is 4. The Hall–Kier alpha value is -2.73. The fourth-order valence-corrected chi connectivity index (χ4v) is 3.53. The van der Waals surface area contributed by atoms with Crippen molar-refractivity contribution in [3.8, 4) is 5.75 Å². The van der Waals surface area contributed by atoms with Gasteiger partial charge in [0.15, 0.2) is 0 Å². The molecule has 0 aromatic heterocycles. The molecule has 1 aliphatic rings. The van der Waals surface area contributed by atoms with Crippen molar-refractivity contribution in [1.29, 1.82) is 0 Å². The summed E-state index contributed by atoms with van der Waals surface area (Å²) in [6, 6.07) is 12.6. The Balaban J connectivity index is 1.61. The average Bonchev–Trinajstić information content (AvgIpc) is 2.73. The molecule has 1 aliphatic heterocycles. The minimum atomic E-state index is -0.203. The van der Waals surface area contributed by atoms with Gasteiger partial charge >= 0.3 is 0 Å². The summed E-state index contributed by atoms with van der Waals surface area (Å²) in [6.45, 7) is 7.12. The topological polar surface area (TPSA) is 61.9 Å². The largest absolute Gasteiger partial charge is 0.494 e. The van der Waals surface area contributed by atoms with Gasteiger partial charge in [0, 0.05) is 44.4 Å². The number of nitrogens with one attached hydrogen (secondary N) is 1. The summed E-state index contributed by atoms with van der Waals surface area (Å²) in [5.74, 6) is 0.644. The van der Waals surface area contributed by atoms with E-state index in [4.69, 9.17) is 16.3 Å². The van der Waals surface area contributed by atoms with E-state index in [-0.39, 0.29) is 11.8 Å². The molecule has 0 spiro atoms. The summed E-state index contributed by atoms with van der Waals surface area (Å²) in [4.78, 5) is 28.0. The maximum Gasteiger partial charge on any atom is 0.255 e. The standard InChI is InChI=1S/C22H26ClN3O3/c1-3-14-29-19-7-4-17(5-8-19)22(28)24-18-6-9-21(20(23)15-18)26-12-10-25(11-13-26)16(2)27/h4-9,15H,3,10-14H2,1-2H3,(H,24,28). The minimum Gasteiger partial charge on any atom is -0.494 e. The van der Waals surface area contributed by atoms with Crippen molar-refractivity contribution in [3.63, 3.8) is 0 Å². The fourth-order valence-electron chi connectivity index (χ4n) is 3.23. The molecule has 154 valence electrons. The SMILES string of the molecule is CCCOc1ccc(C(=O)Nc2ccc(N3CCN(C(C)=O)CC3)c(Cl)c2)cc1. The molecule has 6 nitrogen and oxygen atoms in total. The lowest BCUT2D eigenvalue weighted by molar-refractivity contribution is -0.129. The van der Waals surface area contributed by atoms with Crippen LogP contribution < -0.4 is 15.0 Å². The van der Waals surface area contributed by atoms with Crippen LogP contribution in [0, 0.1) is 0 Å². The Morgan fingerprint density at radius 3 is 2.34 bits per heavy atom. The average molecular weight is 416 g/mol. The quantitative estimate of drug-likeness (QED) is 0.773. The summed E-state index contributed by atoms with van der Waals surface area (Å²) < 4.78 is 5.54. The number of ether oxygens (including phenoxy) is 1. The van der Waals surface area contributed by atoms with Crippen LogP contribution in [-0.4, -0.2) is 49.5 Å². The number of piperazine rings is 1. The lowest BCUT2D eigenvalue weighted by Crippen LogP contribution is -2.48. The molecule has 0 saturated carbocycles. The number of hydrogen-bond donors (Lipinski definition) is 1. The third-order valence-electron chi connectivity index (χ3n) is 4.86. The first-order chi connectivity index (χ1) is 14.0. The molecule has 0 aliphatic carbocycles. The third-order valence-corrected chi connectivity index (χ3v) is 5.16. The normalized spacial score (nSPS) is 13.9. The lowest BCUT2D eigenvalue weighted by Gasteiger charge is -2.36. The Labute approximate surface area is 176 Å². The monoisotopic (exact) mass is 415 g/mol. The van der Waals surface area contributed by atoms with E-state index in [1.165, 1.54) is 0 Å². The van der Waals surface area contributed by atoms with Crippen LogP contribution >= 0.6 is 11.6 Å². The molecule has 1 saturated heterocycles. The number of amides is 2. The first kappa shape index (κ1) is 21.0. The van der Waals surface area contributed by atoms with Gasteiger partial charge in [-0.2, -0.15) is 0 Å². The van der Waals surface area contributed by atoms with Crippen LogP contribution in [0.2, 0.25) is 5.02 Å². The van der Waals surface area contributed by atoms with Gasteiger partial charge in [-0.1, -0.05) is 18.5 Å².